The van der Waals surface area contributed by atoms with Gasteiger partial charge in [0.1, 0.15) is 5.75 Å². The van der Waals surface area contributed by atoms with E-state index in [9.17, 15) is 13.2 Å². The lowest BCUT2D eigenvalue weighted by Gasteiger charge is -2.06. The van der Waals surface area contributed by atoms with Crippen LogP contribution < -0.4 is 4.74 Å². The Labute approximate surface area is 145 Å². The molecule has 0 aliphatic rings. The molecule has 0 heterocycles. The van der Waals surface area contributed by atoms with E-state index in [0.29, 0.717) is 0 Å². The van der Waals surface area contributed by atoms with Gasteiger partial charge in [-0.2, -0.15) is 12.8 Å². The molecule has 0 atom stereocenters. The summed E-state index contributed by atoms with van der Waals surface area (Å²) >= 11 is 0. The number of rotatable bonds is 5. The van der Waals surface area contributed by atoms with Crippen molar-refractivity contribution >= 4 is 33.5 Å². The van der Waals surface area contributed by atoms with Crippen molar-refractivity contribution in [2.75, 3.05) is 0 Å². The van der Waals surface area contributed by atoms with Crippen LogP contribution in [0.4, 0.5) is 0 Å². The van der Waals surface area contributed by atoms with E-state index >= 15 is 0 Å². The fourth-order valence-electron chi connectivity index (χ4n) is 2.50. The third-order valence-corrected chi connectivity index (χ3v) is 5.07. The van der Waals surface area contributed by atoms with Gasteiger partial charge < -0.3 is 4.74 Å². The lowest BCUT2D eigenvalue weighted by molar-refractivity contribution is -0.120. The molecule has 6 heteroatoms. The summed E-state index contributed by atoms with van der Waals surface area (Å²) in [7, 11) is -3.85. The second kappa shape index (κ2) is 6.86. The van der Waals surface area contributed by atoms with Crippen molar-refractivity contribution < 1.29 is 17.9 Å². The molecule has 3 aromatic carbocycles. The average Bonchev–Trinajstić information content (AvgIpc) is 2.61. The first kappa shape index (κ1) is 16.9. The van der Waals surface area contributed by atoms with Crippen LogP contribution in [0.15, 0.2) is 70.0 Å². The number of ether oxygens (including phenoxy) is 1. The molecule has 5 nitrogen and oxygen atoms in total. The average molecular weight is 353 g/mol. The molecule has 0 spiro atoms. The molecule has 0 radical (unpaired) electrons. The number of aryl methyl sites for hydroxylation is 1. The number of hydrogen-bond acceptors (Lipinski definition) is 4. The Bertz CT molecular complexity index is 1050. The SMILES string of the molecule is Cc1ccc2ccccc2c1/C=N/S(=O)(=O)c1ccc(OC=O)cc1. The number of carbonyl (C=O) groups is 1. The summed E-state index contributed by atoms with van der Waals surface area (Å²) in [5.41, 5.74) is 1.70. The van der Waals surface area contributed by atoms with Gasteiger partial charge in [-0.3, -0.25) is 4.79 Å². The third-order valence-electron chi connectivity index (χ3n) is 3.82. The Hall–Kier alpha value is -2.99. The first-order valence-electron chi connectivity index (χ1n) is 7.50. The van der Waals surface area contributed by atoms with E-state index in [1.54, 1.807) is 0 Å². The summed E-state index contributed by atoms with van der Waals surface area (Å²) in [5, 5.41) is 1.96. The van der Waals surface area contributed by atoms with E-state index < -0.39 is 10.0 Å². The van der Waals surface area contributed by atoms with Gasteiger partial charge in [0.05, 0.1) is 4.90 Å². The van der Waals surface area contributed by atoms with Crippen LogP contribution in [0, 0.1) is 6.92 Å². The second-order valence-electron chi connectivity index (χ2n) is 5.41. The van der Waals surface area contributed by atoms with Crippen LogP contribution in [0.25, 0.3) is 10.8 Å². The molecule has 0 aliphatic heterocycles. The molecule has 25 heavy (non-hydrogen) atoms. The Kier molecular flexibility index (Phi) is 4.63. The minimum Gasteiger partial charge on any atom is -0.429 e. The molecule has 3 rings (SSSR count). The zero-order valence-electron chi connectivity index (χ0n) is 13.4. The van der Waals surface area contributed by atoms with Crippen molar-refractivity contribution in [3.63, 3.8) is 0 Å². The van der Waals surface area contributed by atoms with Crippen molar-refractivity contribution in [1.82, 2.24) is 0 Å². The molecular formula is C19H15NO4S. The van der Waals surface area contributed by atoms with Gasteiger partial charge in [0.2, 0.25) is 0 Å². The van der Waals surface area contributed by atoms with Gasteiger partial charge >= 0.3 is 0 Å². The number of carbonyl (C=O) groups excluding carboxylic acids is 1. The van der Waals surface area contributed by atoms with Crippen molar-refractivity contribution in [2.24, 2.45) is 4.40 Å². The quantitative estimate of drug-likeness (QED) is 0.520. The molecule has 126 valence electrons. The van der Waals surface area contributed by atoms with Crippen LogP contribution in [0.5, 0.6) is 5.75 Å². The molecule has 0 N–H and O–H groups in total. The Balaban J connectivity index is 1.98. The molecule has 3 aromatic rings. The van der Waals surface area contributed by atoms with E-state index in [1.807, 2.05) is 43.3 Å². The standard InChI is InChI=1S/C19H15NO4S/c1-14-6-7-15-4-2-3-5-18(15)19(14)12-20-25(22,23)17-10-8-16(9-11-17)24-13-21/h2-13H,1H3/b20-12+. The van der Waals surface area contributed by atoms with E-state index in [1.165, 1.54) is 30.5 Å². The third kappa shape index (κ3) is 3.59. The number of nitrogens with zero attached hydrogens (tertiary/aromatic N) is 1. The highest BCUT2D eigenvalue weighted by atomic mass is 32.2. The van der Waals surface area contributed by atoms with Crippen LogP contribution in [-0.2, 0) is 14.8 Å². The van der Waals surface area contributed by atoms with Gasteiger partial charge in [0, 0.05) is 11.8 Å². The number of fused-ring (bicyclic) bond motifs is 1. The summed E-state index contributed by atoms with van der Waals surface area (Å²) in [4.78, 5) is 10.3. The second-order valence-corrected chi connectivity index (χ2v) is 7.04. The lowest BCUT2D eigenvalue weighted by Crippen LogP contribution is -1.99. The Morgan fingerprint density at radius 1 is 0.960 bits per heavy atom. The van der Waals surface area contributed by atoms with Crippen molar-refractivity contribution in [3.8, 4) is 5.75 Å². The smallest absolute Gasteiger partial charge is 0.298 e. The molecule has 0 saturated carbocycles. The van der Waals surface area contributed by atoms with Gasteiger partial charge in [-0.25, -0.2) is 0 Å². The topological polar surface area (TPSA) is 72.8 Å². The fraction of sp³-hybridized carbons (Fsp3) is 0.0526. The maximum Gasteiger partial charge on any atom is 0.298 e. The van der Waals surface area contributed by atoms with Crippen LogP contribution in [0.2, 0.25) is 0 Å². The predicted octanol–water partition coefficient (Wildman–Crippen LogP) is 3.49. The number of benzene rings is 3. The zero-order chi connectivity index (χ0) is 17.9. The molecule has 0 saturated heterocycles. The van der Waals surface area contributed by atoms with E-state index in [2.05, 4.69) is 9.13 Å². The minimum absolute atomic E-state index is 0.0277. The lowest BCUT2D eigenvalue weighted by atomic mass is 10.0. The number of sulfonamides is 1. The van der Waals surface area contributed by atoms with Gasteiger partial charge in [-0.05, 0) is 47.5 Å². The maximum absolute atomic E-state index is 12.4. The highest BCUT2D eigenvalue weighted by molar-refractivity contribution is 7.90. The fourth-order valence-corrected chi connectivity index (χ4v) is 3.35. The van der Waals surface area contributed by atoms with Gasteiger partial charge in [0.15, 0.2) is 0 Å². The maximum atomic E-state index is 12.4. The first-order valence-corrected chi connectivity index (χ1v) is 8.94. The molecule has 0 unspecified atom stereocenters. The van der Waals surface area contributed by atoms with E-state index in [4.69, 9.17) is 0 Å². The zero-order valence-corrected chi connectivity index (χ0v) is 14.2. The Morgan fingerprint density at radius 3 is 2.40 bits per heavy atom. The molecule has 0 aliphatic carbocycles. The van der Waals surface area contributed by atoms with Crippen LogP contribution >= 0.6 is 0 Å². The van der Waals surface area contributed by atoms with Crippen molar-refractivity contribution in [2.45, 2.75) is 11.8 Å². The minimum atomic E-state index is -3.85. The van der Waals surface area contributed by atoms with E-state index in [0.717, 1.165) is 21.9 Å². The predicted molar refractivity (Wildman–Crippen MR) is 96.6 cm³/mol. The van der Waals surface area contributed by atoms with Crippen molar-refractivity contribution in [3.05, 3.63) is 71.8 Å². The molecule has 0 bridgehead atoms. The highest BCUT2D eigenvalue weighted by Gasteiger charge is 2.12. The normalized spacial score (nSPS) is 11.7. The Morgan fingerprint density at radius 2 is 1.68 bits per heavy atom. The van der Waals surface area contributed by atoms with Gasteiger partial charge in [-0.1, -0.05) is 36.4 Å². The summed E-state index contributed by atoms with van der Waals surface area (Å²) in [6, 6.07) is 17.2. The van der Waals surface area contributed by atoms with Crippen LogP contribution in [0.1, 0.15) is 11.1 Å². The van der Waals surface area contributed by atoms with Crippen LogP contribution in [0.3, 0.4) is 0 Å². The van der Waals surface area contributed by atoms with E-state index in [-0.39, 0.29) is 17.1 Å². The largest absolute Gasteiger partial charge is 0.429 e. The summed E-state index contributed by atoms with van der Waals surface area (Å²) in [6.07, 6.45) is 1.38. The van der Waals surface area contributed by atoms with Gasteiger partial charge in [-0.15, -0.1) is 0 Å². The summed E-state index contributed by atoms with van der Waals surface area (Å²) in [5.74, 6) is 0.267. The summed E-state index contributed by atoms with van der Waals surface area (Å²) in [6.45, 7) is 2.19. The highest BCUT2D eigenvalue weighted by Crippen LogP contribution is 2.22. The molecule has 0 amide bonds. The van der Waals surface area contributed by atoms with Gasteiger partial charge in [0.25, 0.3) is 16.5 Å². The summed E-state index contributed by atoms with van der Waals surface area (Å²) < 4.78 is 33.3. The first-order chi connectivity index (χ1) is 12.0. The van der Waals surface area contributed by atoms with Crippen LogP contribution in [-0.4, -0.2) is 21.1 Å². The molecule has 0 aromatic heterocycles. The molecular weight excluding hydrogens is 338 g/mol. The van der Waals surface area contributed by atoms with Crippen molar-refractivity contribution in [1.29, 1.82) is 0 Å². The monoisotopic (exact) mass is 353 g/mol. The molecule has 0 fully saturated rings. The number of hydrogen-bond donors (Lipinski definition) is 0.